The zero-order chi connectivity index (χ0) is 19.3. The van der Waals surface area contributed by atoms with Crippen LogP contribution in [-0.2, 0) is 24.2 Å². The number of nitrogens with zero attached hydrogens (tertiary/aromatic N) is 1. The molecule has 1 aromatic rings. The summed E-state index contributed by atoms with van der Waals surface area (Å²) >= 11 is 0. The Morgan fingerprint density at radius 2 is 2.00 bits per heavy atom. The molecule has 0 unspecified atom stereocenters. The molecule has 138 valence electrons. The molecule has 1 N–H and O–H groups in total. The third-order valence-corrected chi connectivity index (χ3v) is 5.73. The minimum Gasteiger partial charge on any atom is -0.448 e. The SMILES string of the molecule is Cc1ccc(/C=C(\C#N)C(=O)O[C@@H](C)C(=O)N[C@@H]2CCS(=O)(=O)C2)cc1. The summed E-state index contributed by atoms with van der Waals surface area (Å²) in [7, 11) is -3.12. The van der Waals surface area contributed by atoms with Gasteiger partial charge in [0, 0.05) is 6.04 Å². The number of hydrogen-bond acceptors (Lipinski definition) is 6. The summed E-state index contributed by atoms with van der Waals surface area (Å²) in [5.74, 6) is -1.58. The fraction of sp³-hybridized carbons (Fsp3) is 0.389. The van der Waals surface area contributed by atoms with Crippen molar-refractivity contribution in [2.24, 2.45) is 0 Å². The largest absolute Gasteiger partial charge is 0.448 e. The van der Waals surface area contributed by atoms with Crippen molar-refractivity contribution in [1.29, 1.82) is 5.26 Å². The van der Waals surface area contributed by atoms with Gasteiger partial charge in [-0.1, -0.05) is 29.8 Å². The molecule has 0 spiro atoms. The Morgan fingerprint density at radius 3 is 2.54 bits per heavy atom. The first kappa shape index (κ1) is 19.7. The summed E-state index contributed by atoms with van der Waals surface area (Å²) in [6, 6.07) is 8.50. The van der Waals surface area contributed by atoms with E-state index in [1.807, 2.05) is 19.1 Å². The van der Waals surface area contributed by atoms with Crippen molar-refractivity contribution in [3.05, 3.63) is 41.0 Å². The monoisotopic (exact) mass is 376 g/mol. The number of sulfone groups is 1. The van der Waals surface area contributed by atoms with Crippen LogP contribution in [0.15, 0.2) is 29.8 Å². The standard InChI is InChI=1S/C18H20N2O5S/c1-12-3-5-14(6-4-12)9-15(10-19)18(22)25-13(2)17(21)20-16-7-8-26(23,24)11-16/h3-6,9,13,16H,7-8,11H2,1-2H3,(H,20,21)/b15-9+/t13-,16+/m0/s1. The maximum absolute atomic E-state index is 12.1. The third kappa shape index (κ3) is 5.43. The second kappa shape index (κ2) is 8.15. The van der Waals surface area contributed by atoms with E-state index in [4.69, 9.17) is 10.00 Å². The van der Waals surface area contributed by atoms with Crippen molar-refractivity contribution >= 4 is 27.8 Å². The molecule has 0 radical (unpaired) electrons. The minimum absolute atomic E-state index is 0.0317. The predicted molar refractivity (Wildman–Crippen MR) is 95.5 cm³/mol. The van der Waals surface area contributed by atoms with Gasteiger partial charge in [-0.3, -0.25) is 4.79 Å². The Balaban J connectivity index is 1.97. The Kier molecular flexibility index (Phi) is 6.16. The number of hydrogen-bond donors (Lipinski definition) is 1. The Morgan fingerprint density at radius 1 is 1.35 bits per heavy atom. The number of esters is 1. The fourth-order valence-electron chi connectivity index (χ4n) is 2.47. The highest BCUT2D eigenvalue weighted by molar-refractivity contribution is 7.91. The van der Waals surface area contributed by atoms with Gasteiger partial charge in [0.25, 0.3) is 5.91 Å². The summed E-state index contributed by atoms with van der Waals surface area (Å²) in [5.41, 5.74) is 1.48. The topological polar surface area (TPSA) is 113 Å². The molecule has 1 aliphatic heterocycles. The molecule has 0 saturated carbocycles. The first-order chi connectivity index (χ1) is 12.2. The van der Waals surface area contributed by atoms with Gasteiger partial charge < -0.3 is 10.1 Å². The van der Waals surface area contributed by atoms with E-state index in [1.54, 1.807) is 18.2 Å². The van der Waals surface area contributed by atoms with Crippen LogP contribution in [0.3, 0.4) is 0 Å². The van der Waals surface area contributed by atoms with Crippen LogP contribution in [0.25, 0.3) is 6.08 Å². The van der Waals surface area contributed by atoms with Gasteiger partial charge in [-0.05, 0) is 31.9 Å². The Labute approximate surface area is 152 Å². The van der Waals surface area contributed by atoms with Crippen LogP contribution >= 0.6 is 0 Å². The number of carbonyl (C=O) groups excluding carboxylic acids is 2. The van der Waals surface area contributed by atoms with Crippen LogP contribution < -0.4 is 5.32 Å². The molecular weight excluding hydrogens is 356 g/mol. The van der Waals surface area contributed by atoms with Gasteiger partial charge in [-0.2, -0.15) is 5.26 Å². The zero-order valence-electron chi connectivity index (χ0n) is 14.6. The lowest BCUT2D eigenvalue weighted by Gasteiger charge is -2.16. The van der Waals surface area contributed by atoms with Gasteiger partial charge in [0.1, 0.15) is 11.6 Å². The average molecular weight is 376 g/mol. The first-order valence-corrected chi connectivity index (χ1v) is 9.92. The van der Waals surface area contributed by atoms with Crippen LogP contribution in [0, 0.1) is 18.3 Å². The van der Waals surface area contributed by atoms with Crippen LogP contribution in [-0.4, -0.2) is 43.9 Å². The van der Waals surface area contributed by atoms with E-state index in [-0.39, 0.29) is 17.1 Å². The van der Waals surface area contributed by atoms with Gasteiger partial charge in [-0.25, -0.2) is 13.2 Å². The maximum atomic E-state index is 12.1. The summed E-state index contributed by atoms with van der Waals surface area (Å²) in [6.07, 6.45) is 0.585. The van der Waals surface area contributed by atoms with Gasteiger partial charge in [0.15, 0.2) is 15.9 Å². The van der Waals surface area contributed by atoms with E-state index in [1.165, 1.54) is 13.0 Å². The van der Waals surface area contributed by atoms with Crippen LogP contribution in [0.2, 0.25) is 0 Å². The smallest absolute Gasteiger partial charge is 0.349 e. The van der Waals surface area contributed by atoms with Crippen molar-refractivity contribution in [1.82, 2.24) is 5.32 Å². The number of benzene rings is 1. The number of rotatable bonds is 5. The molecule has 1 amide bonds. The van der Waals surface area contributed by atoms with Crippen LogP contribution in [0.5, 0.6) is 0 Å². The Bertz CT molecular complexity index is 866. The molecule has 1 aromatic carbocycles. The molecule has 0 aliphatic carbocycles. The molecular formula is C18H20N2O5S. The van der Waals surface area contributed by atoms with Crippen LogP contribution in [0.1, 0.15) is 24.5 Å². The lowest BCUT2D eigenvalue weighted by Crippen LogP contribution is -2.42. The number of nitrogens with one attached hydrogen (secondary N) is 1. The lowest BCUT2D eigenvalue weighted by atomic mass is 10.1. The number of amides is 1. The number of ether oxygens (including phenoxy) is 1. The molecule has 26 heavy (non-hydrogen) atoms. The number of aryl methyl sites for hydroxylation is 1. The molecule has 7 nitrogen and oxygen atoms in total. The number of carbonyl (C=O) groups is 2. The molecule has 1 aliphatic rings. The molecule has 1 fully saturated rings. The van der Waals surface area contributed by atoms with Gasteiger partial charge >= 0.3 is 5.97 Å². The van der Waals surface area contributed by atoms with Crippen molar-refractivity contribution in [2.45, 2.75) is 32.4 Å². The van der Waals surface area contributed by atoms with Crippen molar-refractivity contribution in [3.8, 4) is 6.07 Å². The van der Waals surface area contributed by atoms with Gasteiger partial charge in [0.05, 0.1) is 11.5 Å². The molecule has 0 bridgehead atoms. The second-order valence-corrected chi connectivity index (χ2v) is 8.47. The predicted octanol–water partition coefficient (Wildman–Crippen LogP) is 1.14. The summed E-state index contributed by atoms with van der Waals surface area (Å²) in [5, 5.41) is 11.7. The maximum Gasteiger partial charge on any atom is 0.349 e. The minimum atomic E-state index is -3.12. The van der Waals surface area contributed by atoms with E-state index in [0.29, 0.717) is 12.0 Å². The van der Waals surface area contributed by atoms with Crippen molar-refractivity contribution in [2.75, 3.05) is 11.5 Å². The van der Waals surface area contributed by atoms with E-state index >= 15 is 0 Å². The van der Waals surface area contributed by atoms with E-state index < -0.39 is 33.9 Å². The molecule has 2 atom stereocenters. The Hall–Kier alpha value is -2.66. The zero-order valence-corrected chi connectivity index (χ0v) is 15.4. The average Bonchev–Trinajstić information content (AvgIpc) is 2.92. The summed E-state index contributed by atoms with van der Waals surface area (Å²) in [6.45, 7) is 3.29. The highest BCUT2D eigenvalue weighted by Crippen LogP contribution is 2.13. The molecule has 8 heteroatoms. The lowest BCUT2D eigenvalue weighted by molar-refractivity contribution is -0.150. The third-order valence-electron chi connectivity index (χ3n) is 3.96. The van der Waals surface area contributed by atoms with Crippen LogP contribution in [0.4, 0.5) is 0 Å². The summed E-state index contributed by atoms with van der Waals surface area (Å²) < 4.78 is 27.9. The quantitative estimate of drug-likeness (QED) is 0.468. The summed E-state index contributed by atoms with van der Waals surface area (Å²) in [4.78, 5) is 24.2. The van der Waals surface area contributed by atoms with Gasteiger partial charge in [-0.15, -0.1) is 0 Å². The van der Waals surface area contributed by atoms with Crippen molar-refractivity contribution in [3.63, 3.8) is 0 Å². The molecule has 1 heterocycles. The highest BCUT2D eigenvalue weighted by atomic mass is 32.2. The highest BCUT2D eigenvalue weighted by Gasteiger charge is 2.31. The fourth-order valence-corrected chi connectivity index (χ4v) is 4.14. The number of nitriles is 1. The second-order valence-electron chi connectivity index (χ2n) is 6.24. The molecule has 2 rings (SSSR count). The van der Waals surface area contributed by atoms with Crippen molar-refractivity contribution < 1.29 is 22.7 Å². The van der Waals surface area contributed by atoms with E-state index in [9.17, 15) is 18.0 Å². The normalized spacial score (nSPS) is 20.0. The molecule has 1 saturated heterocycles. The van der Waals surface area contributed by atoms with E-state index in [2.05, 4.69) is 5.32 Å². The van der Waals surface area contributed by atoms with E-state index in [0.717, 1.165) is 5.56 Å². The first-order valence-electron chi connectivity index (χ1n) is 8.10. The molecule has 0 aromatic heterocycles. The van der Waals surface area contributed by atoms with Gasteiger partial charge in [0.2, 0.25) is 0 Å².